The van der Waals surface area contributed by atoms with Crippen molar-refractivity contribution in [1.29, 1.82) is 0 Å². The van der Waals surface area contributed by atoms with Gasteiger partial charge in [0.05, 0.1) is 36.4 Å². The molecule has 0 aliphatic heterocycles. The third-order valence-electron chi connectivity index (χ3n) is 3.69. The molecule has 5 nitrogen and oxygen atoms in total. The molecule has 0 atom stereocenters. The summed E-state index contributed by atoms with van der Waals surface area (Å²) in [6.45, 7) is 0.181. The first kappa shape index (κ1) is 19.4. The maximum Gasteiger partial charge on any atom is 0.255 e. The smallest absolute Gasteiger partial charge is 0.255 e. The normalized spacial score (nSPS) is 10.4. The molecule has 0 aliphatic carbocycles. The van der Waals surface area contributed by atoms with Gasteiger partial charge in [0.1, 0.15) is 11.5 Å². The predicted octanol–water partition coefficient (Wildman–Crippen LogP) is 3.65. The molecule has 0 saturated carbocycles. The van der Waals surface area contributed by atoms with Crippen molar-refractivity contribution in [2.45, 2.75) is 6.54 Å². The van der Waals surface area contributed by atoms with Crippen molar-refractivity contribution in [3.8, 4) is 11.5 Å². The number of methoxy groups -OCH3 is 2. The fourth-order valence-electron chi connectivity index (χ4n) is 2.42. The first-order valence-electron chi connectivity index (χ1n) is 7.56. The molecule has 0 aromatic heterocycles. The number of ether oxygens (including phenoxy) is 2. The Morgan fingerprint density at radius 1 is 1.16 bits per heavy atom. The van der Waals surface area contributed by atoms with Crippen molar-refractivity contribution in [2.75, 3.05) is 27.4 Å². The highest BCUT2D eigenvalue weighted by molar-refractivity contribution is 6.43. The van der Waals surface area contributed by atoms with Gasteiger partial charge in [-0.1, -0.05) is 29.3 Å². The van der Waals surface area contributed by atoms with E-state index >= 15 is 0 Å². The molecule has 25 heavy (non-hydrogen) atoms. The minimum absolute atomic E-state index is 0.141. The Kier molecular flexibility index (Phi) is 6.93. The largest absolute Gasteiger partial charge is 0.497 e. The number of carbonyl (C=O) groups is 1. The highest BCUT2D eigenvalue weighted by Crippen LogP contribution is 2.29. The van der Waals surface area contributed by atoms with Crippen LogP contribution in [-0.2, 0) is 6.54 Å². The van der Waals surface area contributed by atoms with Gasteiger partial charge in [0.25, 0.3) is 5.91 Å². The lowest BCUT2D eigenvalue weighted by Crippen LogP contribution is -2.33. The lowest BCUT2D eigenvalue weighted by Gasteiger charge is -2.24. The first-order valence-corrected chi connectivity index (χ1v) is 8.32. The number of rotatable bonds is 7. The van der Waals surface area contributed by atoms with Gasteiger partial charge < -0.3 is 19.5 Å². The summed E-state index contributed by atoms with van der Waals surface area (Å²) in [4.78, 5) is 14.3. The molecule has 0 saturated heterocycles. The average Bonchev–Trinajstić information content (AvgIpc) is 2.63. The SMILES string of the molecule is COc1ccc(OC)c(CN(CCO)C(=O)c2cccc(Cl)c2Cl)c1. The van der Waals surface area contributed by atoms with Gasteiger partial charge in [0.15, 0.2) is 0 Å². The second-order valence-electron chi connectivity index (χ2n) is 5.23. The van der Waals surface area contributed by atoms with Crippen LogP contribution in [0.4, 0.5) is 0 Å². The van der Waals surface area contributed by atoms with E-state index in [9.17, 15) is 9.90 Å². The van der Waals surface area contributed by atoms with E-state index in [1.54, 1.807) is 50.6 Å². The maximum atomic E-state index is 12.9. The molecule has 2 aromatic rings. The molecule has 0 heterocycles. The number of aliphatic hydroxyl groups is 1. The van der Waals surface area contributed by atoms with Gasteiger partial charge >= 0.3 is 0 Å². The van der Waals surface area contributed by atoms with Crippen LogP contribution in [0.5, 0.6) is 11.5 Å². The third kappa shape index (κ3) is 4.57. The molecule has 0 spiro atoms. The van der Waals surface area contributed by atoms with Crippen LogP contribution in [-0.4, -0.2) is 43.3 Å². The molecular weight excluding hydrogens is 365 g/mol. The monoisotopic (exact) mass is 383 g/mol. The average molecular weight is 384 g/mol. The second-order valence-corrected chi connectivity index (χ2v) is 6.01. The predicted molar refractivity (Wildman–Crippen MR) is 97.8 cm³/mol. The Morgan fingerprint density at radius 3 is 2.56 bits per heavy atom. The van der Waals surface area contributed by atoms with Crippen LogP contribution in [0.15, 0.2) is 36.4 Å². The van der Waals surface area contributed by atoms with E-state index in [0.29, 0.717) is 16.5 Å². The van der Waals surface area contributed by atoms with E-state index in [0.717, 1.165) is 5.56 Å². The fraction of sp³-hybridized carbons (Fsp3) is 0.278. The zero-order valence-corrected chi connectivity index (χ0v) is 15.5. The third-order valence-corrected chi connectivity index (χ3v) is 4.51. The summed E-state index contributed by atoms with van der Waals surface area (Å²) in [5.41, 5.74) is 1.03. The van der Waals surface area contributed by atoms with Crippen LogP contribution in [0.1, 0.15) is 15.9 Å². The van der Waals surface area contributed by atoms with Crippen LogP contribution < -0.4 is 9.47 Å². The highest BCUT2D eigenvalue weighted by atomic mass is 35.5. The lowest BCUT2D eigenvalue weighted by atomic mass is 10.1. The van der Waals surface area contributed by atoms with Gasteiger partial charge in [-0.15, -0.1) is 0 Å². The molecular formula is C18H19Cl2NO4. The molecule has 1 N–H and O–H groups in total. The van der Waals surface area contributed by atoms with E-state index in [2.05, 4.69) is 0 Å². The number of amides is 1. The summed E-state index contributed by atoms with van der Waals surface area (Å²) in [7, 11) is 3.12. The molecule has 7 heteroatoms. The Balaban J connectivity index is 2.35. The summed E-state index contributed by atoms with van der Waals surface area (Å²) in [6.07, 6.45) is 0. The van der Waals surface area contributed by atoms with Crippen molar-refractivity contribution >= 4 is 29.1 Å². The Morgan fingerprint density at radius 2 is 1.92 bits per heavy atom. The molecule has 2 rings (SSSR count). The number of carbonyl (C=O) groups excluding carboxylic acids is 1. The van der Waals surface area contributed by atoms with Crippen molar-refractivity contribution in [3.63, 3.8) is 0 Å². The maximum absolute atomic E-state index is 12.9. The van der Waals surface area contributed by atoms with Crippen LogP contribution in [0.25, 0.3) is 0 Å². The second kappa shape index (κ2) is 8.94. The van der Waals surface area contributed by atoms with Crippen molar-refractivity contribution in [3.05, 3.63) is 57.6 Å². The number of nitrogens with zero attached hydrogens (tertiary/aromatic N) is 1. The molecule has 1 amide bonds. The number of aliphatic hydroxyl groups excluding tert-OH is 1. The molecule has 0 bridgehead atoms. The van der Waals surface area contributed by atoms with Crippen molar-refractivity contribution < 1.29 is 19.4 Å². The standard InChI is InChI=1S/C18H19Cl2NO4/c1-24-13-6-7-16(25-2)12(10-13)11-21(8-9-22)18(23)14-4-3-5-15(19)17(14)20/h3-7,10,22H,8-9,11H2,1-2H3. The van der Waals surface area contributed by atoms with Gasteiger partial charge in [0, 0.05) is 18.7 Å². The van der Waals surface area contributed by atoms with E-state index in [1.165, 1.54) is 4.90 Å². The van der Waals surface area contributed by atoms with Crippen LogP contribution in [0.2, 0.25) is 10.0 Å². The number of benzene rings is 2. The highest BCUT2D eigenvalue weighted by Gasteiger charge is 2.21. The summed E-state index contributed by atoms with van der Waals surface area (Å²) in [5.74, 6) is 0.938. The Labute approximate surface area is 156 Å². The van der Waals surface area contributed by atoms with Gasteiger partial charge in [-0.25, -0.2) is 0 Å². The van der Waals surface area contributed by atoms with Crippen LogP contribution in [0, 0.1) is 0 Å². The molecule has 0 unspecified atom stereocenters. The topological polar surface area (TPSA) is 59.0 Å². The van der Waals surface area contributed by atoms with Crippen molar-refractivity contribution in [2.24, 2.45) is 0 Å². The molecule has 0 aliphatic rings. The molecule has 0 radical (unpaired) electrons. The number of hydrogen-bond acceptors (Lipinski definition) is 4. The lowest BCUT2D eigenvalue weighted by molar-refractivity contribution is 0.0706. The van der Waals surface area contributed by atoms with Crippen molar-refractivity contribution in [1.82, 2.24) is 4.90 Å². The van der Waals surface area contributed by atoms with Gasteiger partial charge in [-0.2, -0.15) is 0 Å². The van der Waals surface area contributed by atoms with Gasteiger partial charge in [-0.3, -0.25) is 4.79 Å². The van der Waals surface area contributed by atoms with Crippen LogP contribution in [0.3, 0.4) is 0 Å². The van der Waals surface area contributed by atoms with E-state index in [1.807, 2.05) is 0 Å². The molecule has 2 aromatic carbocycles. The minimum Gasteiger partial charge on any atom is -0.497 e. The minimum atomic E-state index is -0.327. The van der Waals surface area contributed by atoms with E-state index in [-0.39, 0.29) is 36.2 Å². The number of hydrogen-bond donors (Lipinski definition) is 1. The summed E-state index contributed by atoms with van der Waals surface area (Å²) in [5, 5.41) is 9.84. The van der Waals surface area contributed by atoms with E-state index < -0.39 is 0 Å². The summed E-state index contributed by atoms with van der Waals surface area (Å²) >= 11 is 12.2. The van der Waals surface area contributed by atoms with Gasteiger partial charge in [-0.05, 0) is 30.3 Å². The molecule has 134 valence electrons. The summed E-state index contributed by atoms with van der Waals surface area (Å²) in [6, 6.07) is 10.2. The zero-order chi connectivity index (χ0) is 18.4. The Hall–Kier alpha value is -1.95. The fourth-order valence-corrected chi connectivity index (χ4v) is 2.80. The summed E-state index contributed by atoms with van der Waals surface area (Å²) < 4.78 is 10.6. The quantitative estimate of drug-likeness (QED) is 0.792. The molecule has 0 fully saturated rings. The van der Waals surface area contributed by atoms with Crippen LogP contribution >= 0.6 is 23.2 Å². The number of halogens is 2. The zero-order valence-electron chi connectivity index (χ0n) is 14.0. The van der Waals surface area contributed by atoms with E-state index in [4.69, 9.17) is 32.7 Å². The first-order chi connectivity index (χ1) is 12.0. The Bertz CT molecular complexity index is 752. The van der Waals surface area contributed by atoms with Gasteiger partial charge in [0.2, 0.25) is 0 Å².